The van der Waals surface area contributed by atoms with Gasteiger partial charge in [0.25, 0.3) is 11.5 Å². The lowest BCUT2D eigenvalue weighted by Gasteiger charge is -2.18. The maximum Gasteiger partial charge on any atom is 0.282 e. The minimum absolute atomic E-state index is 0.0551. The van der Waals surface area contributed by atoms with E-state index in [-0.39, 0.29) is 29.5 Å². The zero-order chi connectivity index (χ0) is 33.7. The number of aryl methyl sites for hydroxylation is 1. The molecule has 1 aromatic heterocycles. The average Bonchev–Trinajstić information content (AvgIpc) is 3.05. The van der Waals surface area contributed by atoms with E-state index >= 15 is 0 Å². The second-order valence-electron chi connectivity index (χ2n) is 10.9. The van der Waals surface area contributed by atoms with Gasteiger partial charge in [0.15, 0.2) is 23.9 Å². The number of nitrogens with one attached hydrogen (secondary N) is 1. The molecule has 1 N–H and O–H groups in total. The number of benzene rings is 4. The fourth-order valence-corrected chi connectivity index (χ4v) is 5.43. The van der Waals surface area contributed by atoms with E-state index in [1.54, 1.807) is 36.4 Å². The van der Waals surface area contributed by atoms with Crippen LogP contribution in [0.2, 0.25) is 0 Å². The Morgan fingerprint density at radius 1 is 1.04 bits per heavy atom. The molecular weight excluding hydrogens is 667 g/mol. The van der Waals surface area contributed by atoms with Crippen molar-refractivity contribution < 1.29 is 23.4 Å². The average molecular weight is 702 g/mol. The summed E-state index contributed by atoms with van der Waals surface area (Å²) in [5.41, 5.74) is 3.49. The van der Waals surface area contributed by atoms with Crippen LogP contribution in [-0.4, -0.2) is 42.1 Å². The van der Waals surface area contributed by atoms with Crippen LogP contribution in [0.15, 0.2) is 87.2 Å². The van der Waals surface area contributed by atoms with Gasteiger partial charge >= 0.3 is 0 Å². The first-order valence-electron chi connectivity index (χ1n) is 15.0. The first-order chi connectivity index (χ1) is 22.6. The maximum absolute atomic E-state index is 13.9. The second kappa shape index (κ2) is 14.6. The summed E-state index contributed by atoms with van der Waals surface area (Å²) in [5.74, 6) is 0.848. The molecule has 0 aliphatic heterocycles. The number of ether oxygens (including phenoxy) is 3. The Kier molecular flexibility index (Phi) is 10.4. The van der Waals surface area contributed by atoms with Gasteiger partial charge in [-0.05, 0) is 95.4 Å². The van der Waals surface area contributed by atoms with Crippen molar-refractivity contribution >= 4 is 44.6 Å². The molecular formula is C36H34BrFN4O5. The molecule has 1 heterocycles. The number of carbonyl (C=O) groups is 1. The monoisotopic (exact) mass is 700 g/mol. The molecule has 47 heavy (non-hydrogen) atoms. The van der Waals surface area contributed by atoms with Crippen LogP contribution in [0.3, 0.4) is 0 Å². The van der Waals surface area contributed by atoms with Gasteiger partial charge in [-0.1, -0.05) is 38.1 Å². The first kappa shape index (κ1) is 33.3. The van der Waals surface area contributed by atoms with Crippen LogP contribution in [0.25, 0.3) is 22.3 Å². The quantitative estimate of drug-likeness (QED) is 0.142. The molecule has 0 fully saturated rings. The maximum atomic E-state index is 13.9. The van der Waals surface area contributed by atoms with Crippen molar-refractivity contribution in [2.45, 2.75) is 33.6 Å². The lowest BCUT2D eigenvalue weighted by molar-refractivity contribution is -0.118. The standard InChI is InChI=1S/C36H34BrFN4O5/c1-6-46-31-15-22(4)26(17-25(31)21(2)3)35-41-29-13-9-7-11-24(29)36(44)42(35)39-19-23-16-32(45-5)33(18-27(23)37)47-20-34(43)40-30-14-10-8-12-28(30)38/h7-19,21H,6,20H2,1-5H3,(H,40,43). The van der Waals surface area contributed by atoms with Gasteiger partial charge in [-0.3, -0.25) is 9.59 Å². The van der Waals surface area contributed by atoms with E-state index in [9.17, 15) is 14.0 Å². The van der Waals surface area contributed by atoms with Gasteiger partial charge in [0.05, 0.1) is 36.5 Å². The summed E-state index contributed by atoms with van der Waals surface area (Å²) < 4.78 is 33.0. The highest BCUT2D eigenvalue weighted by molar-refractivity contribution is 9.10. The summed E-state index contributed by atoms with van der Waals surface area (Å²) in [6, 6.07) is 20.3. The lowest BCUT2D eigenvalue weighted by atomic mass is 9.96. The zero-order valence-electron chi connectivity index (χ0n) is 26.6. The molecule has 9 nitrogen and oxygen atoms in total. The highest BCUT2D eigenvalue weighted by atomic mass is 79.9. The molecule has 0 spiro atoms. The Hall–Kier alpha value is -5.03. The predicted octanol–water partition coefficient (Wildman–Crippen LogP) is 7.70. The molecule has 0 radical (unpaired) electrons. The molecule has 242 valence electrons. The number of fused-ring (bicyclic) bond motifs is 1. The van der Waals surface area contributed by atoms with Crippen LogP contribution in [0.1, 0.15) is 43.4 Å². The molecule has 4 aromatic carbocycles. The third-order valence-corrected chi connectivity index (χ3v) is 8.06. The van der Waals surface area contributed by atoms with E-state index in [2.05, 4.69) is 40.2 Å². The second-order valence-corrected chi connectivity index (χ2v) is 11.8. The third-order valence-electron chi connectivity index (χ3n) is 7.38. The van der Waals surface area contributed by atoms with E-state index in [0.29, 0.717) is 39.1 Å². The third kappa shape index (κ3) is 7.36. The SMILES string of the molecule is CCOc1cc(C)c(-c2nc3ccccc3c(=O)n2N=Cc2cc(OC)c(OCC(=O)Nc3ccccc3F)cc2Br)cc1C(C)C. The van der Waals surface area contributed by atoms with Crippen molar-refractivity contribution in [1.82, 2.24) is 9.66 Å². The van der Waals surface area contributed by atoms with Crippen molar-refractivity contribution in [3.05, 3.63) is 110 Å². The zero-order valence-corrected chi connectivity index (χ0v) is 28.2. The number of hydrogen-bond donors (Lipinski definition) is 1. The molecule has 0 saturated carbocycles. The van der Waals surface area contributed by atoms with Gasteiger partial charge in [0.2, 0.25) is 0 Å². The molecule has 0 aliphatic rings. The summed E-state index contributed by atoms with van der Waals surface area (Å²) in [4.78, 5) is 31.2. The summed E-state index contributed by atoms with van der Waals surface area (Å²) in [6.07, 6.45) is 1.52. The molecule has 0 bridgehead atoms. The number of para-hydroxylation sites is 2. The normalized spacial score (nSPS) is 11.3. The molecule has 0 atom stereocenters. The van der Waals surface area contributed by atoms with Gasteiger partial charge in [-0.15, -0.1) is 0 Å². The minimum atomic E-state index is -0.549. The van der Waals surface area contributed by atoms with Crippen molar-refractivity contribution in [2.24, 2.45) is 5.10 Å². The number of amides is 1. The van der Waals surface area contributed by atoms with E-state index < -0.39 is 11.7 Å². The van der Waals surface area contributed by atoms with E-state index in [1.807, 2.05) is 32.0 Å². The van der Waals surface area contributed by atoms with Gasteiger partial charge in [0, 0.05) is 15.6 Å². The predicted molar refractivity (Wildman–Crippen MR) is 186 cm³/mol. The van der Waals surface area contributed by atoms with Crippen LogP contribution in [0.4, 0.5) is 10.1 Å². The highest BCUT2D eigenvalue weighted by Gasteiger charge is 2.19. The number of carbonyl (C=O) groups excluding carboxylic acids is 1. The van der Waals surface area contributed by atoms with Crippen LogP contribution in [0.5, 0.6) is 17.2 Å². The number of rotatable bonds is 11. The van der Waals surface area contributed by atoms with Crippen molar-refractivity contribution in [3.63, 3.8) is 0 Å². The topological polar surface area (TPSA) is 104 Å². The summed E-state index contributed by atoms with van der Waals surface area (Å²) in [7, 11) is 1.47. The van der Waals surface area contributed by atoms with Crippen molar-refractivity contribution in [1.29, 1.82) is 0 Å². The highest BCUT2D eigenvalue weighted by Crippen LogP contribution is 2.35. The Bertz CT molecular complexity index is 2040. The number of nitrogens with zero attached hydrogens (tertiary/aromatic N) is 3. The minimum Gasteiger partial charge on any atom is -0.494 e. The summed E-state index contributed by atoms with van der Waals surface area (Å²) >= 11 is 3.54. The fraction of sp³-hybridized carbons (Fsp3) is 0.222. The lowest BCUT2D eigenvalue weighted by Crippen LogP contribution is -2.21. The number of hydrogen-bond acceptors (Lipinski definition) is 7. The number of aromatic nitrogens is 2. The fourth-order valence-electron chi connectivity index (χ4n) is 5.01. The first-order valence-corrected chi connectivity index (χ1v) is 15.8. The van der Waals surface area contributed by atoms with Gasteiger partial charge in [-0.2, -0.15) is 9.78 Å². The number of halogens is 2. The Balaban J connectivity index is 1.51. The van der Waals surface area contributed by atoms with Crippen LogP contribution >= 0.6 is 15.9 Å². The number of methoxy groups -OCH3 is 1. The van der Waals surface area contributed by atoms with Gasteiger partial charge in [-0.25, -0.2) is 9.37 Å². The molecule has 5 rings (SSSR count). The Labute approximate surface area is 280 Å². The molecule has 0 saturated heterocycles. The van der Waals surface area contributed by atoms with Crippen LogP contribution in [-0.2, 0) is 4.79 Å². The van der Waals surface area contributed by atoms with E-state index in [4.69, 9.17) is 19.2 Å². The molecule has 0 unspecified atom stereocenters. The summed E-state index contributed by atoms with van der Waals surface area (Å²) in [5, 5.41) is 7.54. The van der Waals surface area contributed by atoms with Gasteiger partial charge < -0.3 is 19.5 Å². The summed E-state index contributed by atoms with van der Waals surface area (Å²) in [6.45, 7) is 8.22. The Morgan fingerprint density at radius 3 is 2.51 bits per heavy atom. The van der Waals surface area contributed by atoms with Crippen LogP contribution < -0.4 is 25.1 Å². The van der Waals surface area contributed by atoms with Crippen molar-refractivity contribution in [2.75, 3.05) is 25.6 Å². The molecule has 1 amide bonds. The largest absolute Gasteiger partial charge is 0.494 e. The molecule has 11 heteroatoms. The van der Waals surface area contributed by atoms with E-state index in [0.717, 1.165) is 22.4 Å². The Morgan fingerprint density at radius 2 is 1.79 bits per heavy atom. The van der Waals surface area contributed by atoms with E-state index in [1.165, 1.54) is 36.2 Å². The van der Waals surface area contributed by atoms with Crippen LogP contribution in [0, 0.1) is 12.7 Å². The molecule has 5 aromatic rings. The molecule has 0 aliphatic carbocycles. The van der Waals surface area contributed by atoms with Crippen molar-refractivity contribution in [3.8, 4) is 28.6 Å². The smallest absolute Gasteiger partial charge is 0.282 e. The van der Waals surface area contributed by atoms with Gasteiger partial charge in [0.1, 0.15) is 11.6 Å². The number of anilines is 1.